The summed E-state index contributed by atoms with van der Waals surface area (Å²) in [5, 5.41) is 13.8. The lowest BCUT2D eigenvalue weighted by Crippen LogP contribution is -2.41. The van der Waals surface area contributed by atoms with Gasteiger partial charge in [-0.05, 0) is 39.0 Å². The van der Waals surface area contributed by atoms with Crippen LogP contribution in [0.1, 0.15) is 44.9 Å². The summed E-state index contributed by atoms with van der Waals surface area (Å²) in [7, 11) is 0. The third-order valence-corrected chi connectivity index (χ3v) is 4.84. The second-order valence-corrected chi connectivity index (χ2v) is 7.14. The average Bonchev–Trinajstić information content (AvgIpc) is 3.48. The lowest BCUT2D eigenvalue weighted by molar-refractivity contribution is -0.122. The fourth-order valence-corrected chi connectivity index (χ4v) is 3.20. The summed E-state index contributed by atoms with van der Waals surface area (Å²) in [6.07, 6.45) is 5.86. The molecule has 1 amide bonds. The Balaban J connectivity index is 1.39. The number of aromatic nitrogens is 3. The predicted octanol–water partition coefficient (Wildman–Crippen LogP) is -0.147. The van der Waals surface area contributed by atoms with Crippen LogP contribution in [0, 0.1) is 5.92 Å². The number of nitrogens with one attached hydrogen (secondary N) is 3. The van der Waals surface area contributed by atoms with Crippen LogP contribution in [0.15, 0.2) is 9.79 Å². The monoisotopic (exact) mass is 377 g/mol. The van der Waals surface area contributed by atoms with Crippen molar-refractivity contribution in [3.05, 3.63) is 16.3 Å². The number of aryl methyl sites for hydroxylation is 2. The Hall–Kier alpha value is -2.32. The summed E-state index contributed by atoms with van der Waals surface area (Å²) in [6.45, 7) is 6.00. The molecule has 0 radical (unpaired) electrons. The number of amides is 1. The standard InChI is InChI=1S/C18H31N7O2/c1-2-19-17(22-11-10-20-16(26)14-7-8-14)21-9-5-13-25-18(27)24-12-4-3-6-15(24)23-25/h14H,2-13H2,1H3,(H,20,26)(H2,19,21,22). The summed E-state index contributed by atoms with van der Waals surface area (Å²) >= 11 is 0. The first-order valence-electron chi connectivity index (χ1n) is 10.2. The van der Waals surface area contributed by atoms with Gasteiger partial charge in [-0.15, -0.1) is 0 Å². The summed E-state index contributed by atoms with van der Waals surface area (Å²) in [4.78, 5) is 28.4. The van der Waals surface area contributed by atoms with Crippen molar-refractivity contribution in [2.45, 2.75) is 58.5 Å². The Morgan fingerprint density at radius 3 is 2.78 bits per heavy atom. The van der Waals surface area contributed by atoms with Gasteiger partial charge in [-0.3, -0.25) is 14.4 Å². The molecule has 2 heterocycles. The zero-order valence-electron chi connectivity index (χ0n) is 16.2. The lowest BCUT2D eigenvalue weighted by Gasteiger charge is -2.11. The Morgan fingerprint density at radius 2 is 2.04 bits per heavy atom. The second-order valence-electron chi connectivity index (χ2n) is 7.14. The molecule has 1 saturated carbocycles. The third kappa shape index (κ3) is 5.58. The van der Waals surface area contributed by atoms with E-state index in [0.29, 0.717) is 26.2 Å². The number of carbonyl (C=O) groups excluding carboxylic acids is 1. The van der Waals surface area contributed by atoms with Crippen LogP contribution in [-0.2, 0) is 24.3 Å². The molecule has 0 saturated heterocycles. The maximum absolute atomic E-state index is 12.3. The van der Waals surface area contributed by atoms with E-state index in [1.807, 2.05) is 6.92 Å². The fraction of sp³-hybridized carbons (Fsp3) is 0.778. The highest BCUT2D eigenvalue weighted by molar-refractivity contribution is 5.81. The van der Waals surface area contributed by atoms with E-state index in [9.17, 15) is 9.59 Å². The molecule has 9 nitrogen and oxygen atoms in total. The van der Waals surface area contributed by atoms with E-state index in [1.54, 1.807) is 9.25 Å². The van der Waals surface area contributed by atoms with E-state index in [1.165, 1.54) is 0 Å². The van der Waals surface area contributed by atoms with Crippen molar-refractivity contribution in [3.63, 3.8) is 0 Å². The Morgan fingerprint density at radius 1 is 1.22 bits per heavy atom. The Bertz CT molecular complexity index is 718. The molecule has 1 aliphatic heterocycles. The Labute approximate surface area is 159 Å². The quantitative estimate of drug-likeness (QED) is 0.315. The molecule has 27 heavy (non-hydrogen) atoms. The van der Waals surface area contributed by atoms with Crippen LogP contribution in [0.5, 0.6) is 0 Å². The van der Waals surface area contributed by atoms with Crippen molar-refractivity contribution in [2.75, 3.05) is 26.2 Å². The zero-order chi connectivity index (χ0) is 19.1. The number of aliphatic imine (C=N–C) groups is 1. The first-order chi connectivity index (χ1) is 13.2. The minimum Gasteiger partial charge on any atom is -0.357 e. The second kappa shape index (κ2) is 9.57. The number of carbonyl (C=O) groups is 1. The number of guanidine groups is 1. The molecule has 1 aromatic rings. The molecule has 0 aromatic carbocycles. The number of fused-ring (bicyclic) bond motifs is 1. The van der Waals surface area contributed by atoms with Crippen LogP contribution in [0.4, 0.5) is 0 Å². The van der Waals surface area contributed by atoms with Crippen molar-refractivity contribution in [2.24, 2.45) is 10.9 Å². The van der Waals surface area contributed by atoms with Crippen LogP contribution < -0.4 is 21.6 Å². The van der Waals surface area contributed by atoms with Crippen LogP contribution in [0.25, 0.3) is 0 Å². The molecular formula is C18H31N7O2. The Kier molecular flexibility index (Phi) is 6.89. The zero-order valence-corrected chi connectivity index (χ0v) is 16.2. The summed E-state index contributed by atoms with van der Waals surface area (Å²) in [5.74, 6) is 2.04. The van der Waals surface area contributed by atoms with Crippen LogP contribution in [0.3, 0.4) is 0 Å². The highest BCUT2D eigenvalue weighted by Crippen LogP contribution is 2.28. The first-order valence-corrected chi connectivity index (χ1v) is 10.2. The van der Waals surface area contributed by atoms with Gasteiger partial charge in [-0.1, -0.05) is 0 Å². The van der Waals surface area contributed by atoms with Crippen molar-refractivity contribution in [1.29, 1.82) is 0 Å². The van der Waals surface area contributed by atoms with Gasteiger partial charge >= 0.3 is 5.69 Å². The van der Waals surface area contributed by atoms with E-state index in [0.717, 1.165) is 63.4 Å². The van der Waals surface area contributed by atoms with Gasteiger partial charge in [0.05, 0.1) is 0 Å². The summed E-state index contributed by atoms with van der Waals surface area (Å²) < 4.78 is 3.37. The summed E-state index contributed by atoms with van der Waals surface area (Å²) in [6, 6.07) is 0. The van der Waals surface area contributed by atoms with Crippen molar-refractivity contribution in [3.8, 4) is 0 Å². The molecule has 9 heteroatoms. The van der Waals surface area contributed by atoms with Crippen molar-refractivity contribution >= 4 is 11.9 Å². The number of rotatable bonds is 9. The third-order valence-electron chi connectivity index (χ3n) is 4.84. The van der Waals surface area contributed by atoms with E-state index < -0.39 is 0 Å². The molecule has 0 atom stereocenters. The molecule has 3 N–H and O–H groups in total. The van der Waals surface area contributed by atoms with Gasteiger partial charge in [0.1, 0.15) is 5.82 Å². The fourth-order valence-electron chi connectivity index (χ4n) is 3.20. The van der Waals surface area contributed by atoms with Crippen LogP contribution in [0.2, 0.25) is 0 Å². The molecule has 1 aliphatic carbocycles. The van der Waals surface area contributed by atoms with E-state index in [2.05, 4.69) is 26.0 Å². The van der Waals surface area contributed by atoms with Crippen LogP contribution >= 0.6 is 0 Å². The molecule has 0 unspecified atom stereocenters. The van der Waals surface area contributed by atoms with E-state index >= 15 is 0 Å². The van der Waals surface area contributed by atoms with E-state index in [-0.39, 0.29) is 17.5 Å². The highest BCUT2D eigenvalue weighted by Gasteiger charge is 2.28. The van der Waals surface area contributed by atoms with Gasteiger partial charge in [0, 0.05) is 51.6 Å². The number of hydrogen-bond donors (Lipinski definition) is 3. The molecule has 0 spiro atoms. The molecule has 1 fully saturated rings. The van der Waals surface area contributed by atoms with Gasteiger partial charge in [-0.25, -0.2) is 9.48 Å². The molecule has 3 rings (SSSR count). The van der Waals surface area contributed by atoms with Crippen molar-refractivity contribution in [1.82, 2.24) is 30.3 Å². The van der Waals surface area contributed by atoms with Crippen molar-refractivity contribution < 1.29 is 4.79 Å². The summed E-state index contributed by atoms with van der Waals surface area (Å²) in [5.41, 5.74) is 0.00474. The van der Waals surface area contributed by atoms with Gasteiger partial charge in [0.25, 0.3) is 0 Å². The molecule has 1 aromatic heterocycles. The maximum Gasteiger partial charge on any atom is 0.345 e. The molecule has 0 bridgehead atoms. The van der Waals surface area contributed by atoms with Gasteiger partial charge in [0.15, 0.2) is 5.96 Å². The SMILES string of the molecule is CCNC(=NCCCn1nc2n(c1=O)CCCC2)NCCNC(=O)C1CC1. The van der Waals surface area contributed by atoms with Gasteiger partial charge in [-0.2, -0.15) is 5.10 Å². The first kappa shape index (κ1) is 19.4. The topological polar surface area (TPSA) is 105 Å². The molecular weight excluding hydrogens is 346 g/mol. The maximum atomic E-state index is 12.3. The largest absolute Gasteiger partial charge is 0.357 e. The minimum atomic E-state index is 0.00474. The molecule has 2 aliphatic rings. The smallest absolute Gasteiger partial charge is 0.345 e. The number of nitrogens with zero attached hydrogens (tertiary/aromatic N) is 4. The average molecular weight is 377 g/mol. The predicted molar refractivity (Wildman–Crippen MR) is 104 cm³/mol. The van der Waals surface area contributed by atoms with E-state index in [4.69, 9.17) is 0 Å². The minimum absolute atomic E-state index is 0.00474. The lowest BCUT2D eigenvalue weighted by atomic mass is 10.2. The normalized spacial score (nSPS) is 16.7. The molecule has 150 valence electrons. The van der Waals surface area contributed by atoms with Gasteiger partial charge < -0.3 is 16.0 Å². The van der Waals surface area contributed by atoms with Crippen LogP contribution in [-0.4, -0.2) is 52.4 Å². The number of hydrogen-bond acceptors (Lipinski definition) is 4. The van der Waals surface area contributed by atoms with Gasteiger partial charge in [0.2, 0.25) is 5.91 Å². The highest BCUT2D eigenvalue weighted by atomic mass is 16.2.